The number of benzene rings is 1. The molecule has 0 unspecified atom stereocenters. The molecule has 1 amide bonds. The average Bonchev–Trinajstić information content (AvgIpc) is 2.96. The summed E-state index contributed by atoms with van der Waals surface area (Å²) in [5.41, 5.74) is 2.27. The van der Waals surface area contributed by atoms with Crippen LogP contribution in [0.3, 0.4) is 0 Å². The fraction of sp³-hybridized carbons (Fsp3) is 0.550. The van der Waals surface area contributed by atoms with Gasteiger partial charge in [0.15, 0.2) is 9.84 Å². The maximum absolute atomic E-state index is 12.9. The SMILES string of the molecule is O=C1CN(CCC2=CCCCC2)[C@@H]2CS(=O)(=O)C[C@H]2N1c1ccccc1. The molecule has 1 aromatic carbocycles. The molecule has 1 aromatic rings. The first-order chi connectivity index (χ1) is 12.5. The van der Waals surface area contributed by atoms with Gasteiger partial charge in [-0.05, 0) is 44.2 Å². The van der Waals surface area contributed by atoms with Gasteiger partial charge in [0, 0.05) is 18.3 Å². The summed E-state index contributed by atoms with van der Waals surface area (Å²) in [6.45, 7) is 1.08. The number of sulfone groups is 1. The fourth-order valence-electron chi connectivity index (χ4n) is 4.55. The second-order valence-electron chi connectivity index (χ2n) is 7.64. The maximum Gasteiger partial charge on any atom is 0.241 e. The van der Waals surface area contributed by atoms with Crippen LogP contribution in [0.15, 0.2) is 42.0 Å². The van der Waals surface area contributed by atoms with Crippen molar-refractivity contribution in [3.63, 3.8) is 0 Å². The highest BCUT2D eigenvalue weighted by Crippen LogP contribution is 2.32. The van der Waals surface area contributed by atoms with Gasteiger partial charge >= 0.3 is 0 Å². The number of carbonyl (C=O) groups excluding carboxylic acids is 1. The Bertz CT molecular complexity index is 804. The Morgan fingerprint density at radius 1 is 1.04 bits per heavy atom. The molecule has 4 rings (SSSR count). The zero-order valence-corrected chi connectivity index (χ0v) is 15.8. The molecular weight excluding hydrogens is 348 g/mol. The maximum atomic E-state index is 12.9. The van der Waals surface area contributed by atoms with Crippen LogP contribution in [0.1, 0.15) is 32.1 Å². The molecule has 0 N–H and O–H groups in total. The topological polar surface area (TPSA) is 57.7 Å². The van der Waals surface area contributed by atoms with Gasteiger partial charge in [-0.1, -0.05) is 29.8 Å². The minimum Gasteiger partial charge on any atom is -0.306 e. The molecule has 0 spiro atoms. The quantitative estimate of drug-likeness (QED) is 0.760. The predicted octanol–water partition coefficient (Wildman–Crippen LogP) is 2.39. The number of allylic oxidation sites excluding steroid dienone is 1. The third kappa shape index (κ3) is 3.58. The molecule has 2 fully saturated rings. The molecule has 2 saturated heterocycles. The molecule has 0 radical (unpaired) electrons. The van der Waals surface area contributed by atoms with E-state index < -0.39 is 9.84 Å². The van der Waals surface area contributed by atoms with Gasteiger partial charge in [0.1, 0.15) is 0 Å². The van der Waals surface area contributed by atoms with E-state index in [4.69, 9.17) is 0 Å². The van der Waals surface area contributed by atoms with Crippen molar-refractivity contribution < 1.29 is 13.2 Å². The summed E-state index contributed by atoms with van der Waals surface area (Å²) in [6.07, 6.45) is 8.07. The van der Waals surface area contributed by atoms with Crippen LogP contribution in [-0.4, -0.2) is 55.9 Å². The zero-order chi connectivity index (χ0) is 18.1. The van der Waals surface area contributed by atoms with Crippen LogP contribution in [0.4, 0.5) is 5.69 Å². The first-order valence-corrected chi connectivity index (χ1v) is 11.4. The lowest BCUT2D eigenvalue weighted by molar-refractivity contribution is -0.123. The molecule has 5 nitrogen and oxygen atoms in total. The van der Waals surface area contributed by atoms with Crippen LogP contribution in [-0.2, 0) is 14.6 Å². The van der Waals surface area contributed by atoms with Gasteiger partial charge < -0.3 is 4.90 Å². The predicted molar refractivity (Wildman–Crippen MR) is 103 cm³/mol. The molecule has 140 valence electrons. The number of para-hydroxylation sites is 1. The van der Waals surface area contributed by atoms with E-state index in [9.17, 15) is 13.2 Å². The van der Waals surface area contributed by atoms with Gasteiger partial charge in [-0.25, -0.2) is 8.42 Å². The zero-order valence-electron chi connectivity index (χ0n) is 15.0. The monoisotopic (exact) mass is 374 g/mol. The molecular formula is C20H26N2O3S. The Balaban J connectivity index is 1.55. The highest BCUT2D eigenvalue weighted by molar-refractivity contribution is 7.91. The minimum atomic E-state index is -3.12. The lowest BCUT2D eigenvalue weighted by atomic mass is 9.96. The smallest absolute Gasteiger partial charge is 0.241 e. The van der Waals surface area contributed by atoms with Crippen molar-refractivity contribution in [2.75, 3.05) is 29.5 Å². The number of carbonyl (C=O) groups is 1. The van der Waals surface area contributed by atoms with E-state index >= 15 is 0 Å². The van der Waals surface area contributed by atoms with Crippen LogP contribution < -0.4 is 4.90 Å². The van der Waals surface area contributed by atoms with E-state index in [1.807, 2.05) is 30.3 Å². The van der Waals surface area contributed by atoms with E-state index in [2.05, 4.69) is 11.0 Å². The molecule has 3 aliphatic rings. The third-order valence-electron chi connectivity index (χ3n) is 5.84. The van der Waals surface area contributed by atoms with Gasteiger partial charge in [0.2, 0.25) is 5.91 Å². The number of fused-ring (bicyclic) bond motifs is 1. The van der Waals surface area contributed by atoms with Crippen LogP contribution in [0.5, 0.6) is 0 Å². The molecule has 1 aliphatic carbocycles. The highest BCUT2D eigenvalue weighted by Gasteiger charge is 2.49. The number of hydrogen-bond acceptors (Lipinski definition) is 4. The molecule has 0 bridgehead atoms. The van der Waals surface area contributed by atoms with E-state index in [-0.39, 0.29) is 29.5 Å². The summed E-state index contributed by atoms with van der Waals surface area (Å²) < 4.78 is 24.7. The van der Waals surface area contributed by atoms with Crippen molar-refractivity contribution in [2.45, 2.75) is 44.2 Å². The molecule has 2 heterocycles. The van der Waals surface area contributed by atoms with Crippen molar-refractivity contribution in [1.82, 2.24) is 4.90 Å². The van der Waals surface area contributed by atoms with Crippen LogP contribution >= 0.6 is 0 Å². The van der Waals surface area contributed by atoms with Crippen molar-refractivity contribution >= 4 is 21.4 Å². The Labute approximate surface area is 155 Å². The van der Waals surface area contributed by atoms with E-state index in [1.54, 1.807) is 4.90 Å². The standard InChI is InChI=1S/C20H26N2O3S/c23-20-13-21(12-11-16-7-3-1-4-8-16)18-14-26(24,25)15-19(18)22(20)17-9-5-2-6-10-17/h2,5-7,9-10,18-19H,1,3-4,8,11-15H2/t18-,19-/m1/s1. The van der Waals surface area contributed by atoms with Crippen molar-refractivity contribution in [3.05, 3.63) is 42.0 Å². The largest absolute Gasteiger partial charge is 0.306 e. The molecule has 0 saturated carbocycles. The number of anilines is 1. The summed E-state index contributed by atoms with van der Waals surface area (Å²) in [7, 11) is -3.12. The number of rotatable bonds is 4. The van der Waals surface area contributed by atoms with Gasteiger partial charge in [-0.2, -0.15) is 0 Å². The summed E-state index contributed by atoms with van der Waals surface area (Å²) in [5.74, 6) is 0.234. The molecule has 0 aromatic heterocycles. The second-order valence-corrected chi connectivity index (χ2v) is 9.79. The number of hydrogen-bond donors (Lipinski definition) is 0. The van der Waals surface area contributed by atoms with Crippen LogP contribution in [0, 0.1) is 0 Å². The first kappa shape index (κ1) is 17.7. The average molecular weight is 375 g/mol. The van der Waals surface area contributed by atoms with E-state index in [0.717, 1.165) is 31.5 Å². The number of amides is 1. The van der Waals surface area contributed by atoms with Gasteiger partial charge in [0.05, 0.1) is 24.1 Å². The molecule has 6 heteroatoms. The summed E-state index contributed by atoms with van der Waals surface area (Å²) >= 11 is 0. The Kier molecular flexibility index (Phi) is 4.88. The summed E-state index contributed by atoms with van der Waals surface area (Å²) in [6, 6.07) is 9.10. The van der Waals surface area contributed by atoms with Gasteiger partial charge in [-0.15, -0.1) is 0 Å². The Morgan fingerprint density at radius 3 is 2.54 bits per heavy atom. The molecule has 2 atom stereocenters. The van der Waals surface area contributed by atoms with Crippen molar-refractivity contribution in [2.24, 2.45) is 0 Å². The third-order valence-corrected chi connectivity index (χ3v) is 7.54. The fourth-order valence-corrected chi connectivity index (χ4v) is 6.53. The summed E-state index contributed by atoms with van der Waals surface area (Å²) in [4.78, 5) is 16.7. The van der Waals surface area contributed by atoms with Gasteiger partial charge in [0.25, 0.3) is 0 Å². The normalized spacial score (nSPS) is 28.7. The molecule has 26 heavy (non-hydrogen) atoms. The Hall–Kier alpha value is -1.66. The lowest BCUT2D eigenvalue weighted by Crippen LogP contribution is -2.62. The molecule has 2 aliphatic heterocycles. The van der Waals surface area contributed by atoms with E-state index in [0.29, 0.717) is 6.54 Å². The number of nitrogens with zero attached hydrogens (tertiary/aromatic N) is 2. The first-order valence-electron chi connectivity index (χ1n) is 9.53. The van der Waals surface area contributed by atoms with Crippen LogP contribution in [0.2, 0.25) is 0 Å². The number of piperazine rings is 1. The highest BCUT2D eigenvalue weighted by atomic mass is 32.2. The lowest BCUT2D eigenvalue weighted by Gasteiger charge is -2.43. The van der Waals surface area contributed by atoms with Crippen molar-refractivity contribution in [3.8, 4) is 0 Å². The van der Waals surface area contributed by atoms with Crippen LogP contribution in [0.25, 0.3) is 0 Å². The van der Waals surface area contributed by atoms with Crippen molar-refractivity contribution in [1.29, 1.82) is 0 Å². The van der Waals surface area contributed by atoms with Gasteiger partial charge in [-0.3, -0.25) is 9.69 Å². The summed E-state index contributed by atoms with van der Waals surface area (Å²) in [5, 5.41) is 0. The Morgan fingerprint density at radius 2 is 1.81 bits per heavy atom. The second kappa shape index (κ2) is 7.16. The minimum absolute atomic E-state index is 0.00664. The van der Waals surface area contributed by atoms with E-state index in [1.165, 1.54) is 18.4 Å².